The monoisotopic (exact) mass is 339 g/mol. The van der Waals surface area contributed by atoms with Crippen LogP contribution in [0.4, 0.5) is 5.82 Å². The van der Waals surface area contributed by atoms with E-state index in [-0.39, 0.29) is 18.0 Å². The Hall–Kier alpha value is -2.65. The molecule has 0 fully saturated rings. The van der Waals surface area contributed by atoms with Gasteiger partial charge in [-0.2, -0.15) is 10.4 Å². The standard InChI is InChI=1S/C19H25N5O/c1-5-14(2)24-18(9-10-21-24)22-19(25)15(3)23(4)13-17-8-6-7-16(11-17)12-20/h6-11,14-15H,5,13H2,1-4H3,(H,22,25)/t14-,15+/m0/s1. The highest BCUT2D eigenvalue weighted by Gasteiger charge is 2.20. The topological polar surface area (TPSA) is 74.0 Å². The molecule has 0 aliphatic carbocycles. The van der Waals surface area contributed by atoms with Gasteiger partial charge in [-0.1, -0.05) is 19.1 Å². The van der Waals surface area contributed by atoms with E-state index in [1.54, 1.807) is 12.3 Å². The van der Waals surface area contributed by atoms with Gasteiger partial charge in [0.1, 0.15) is 5.82 Å². The lowest BCUT2D eigenvalue weighted by Gasteiger charge is -2.24. The number of nitrogens with one attached hydrogen (secondary N) is 1. The fourth-order valence-electron chi connectivity index (χ4n) is 2.53. The lowest BCUT2D eigenvalue weighted by Crippen LogP contribution is -2.39. The lowest BCUT2D eigenvalue weighted by molar-refractivity contribution is -0.120. The number of anilines is 1. The van der Waals surface area contributed by atoms with E-state index in [1.807, 2.05) is 47.8 Å². The van der Waals surface area contributed by atoms with Crippen LogP contribution in [0.1, 0.15) is 44.4 Å². The van der Waals surface area contributed by atoms with Crippen LogP contribution in [0.2, 0.25) is 0 Å². The van der Waals surface area contributed by atoms with Crippen molar-refractivity contribution in [2.24, 2.45) is 0 Å². The van der Waals surface area contributed by atoms with Gasteiger partial charge >= 0.3 is 0 Å². The van der Waals surface area contributed by atoms with E-state index in [4.69, 9.17) is 5.26 Å². The lowest BCUT2D eigenvalue weighted by atomic mass is 10.1. The maximum atomic E-state index is 12.6. The van der Waals surface area contributed by atoms with E-state index in [9.17, 15) is 4.79 Å². The molecule has 2 atom stereocenters. The van der Waals surface area contributed by atoms with E-state index < -0.39 is 0 Å². The minimum Gasteiger partial charge on any atom is -0.310 e. The summed E-state index contributed by atoms with van der Waals surface area (Å²) in [6, 6.07) is 11.3. The normalized spacial score (nSPS) is 13.3. The zero-order valence-corrected chi connectivity index (χ0v) is 15.2. The third-order valence-corrected chi connectivity index (χ3v) is 4.46. The molecular weight excluding hydrogens is 314 g/mol. The minimum absolute atomic E-state index is 0.0796. The van der Waals surface area contributed by atoms with Crippen molar-refractivity contribution in [1.29, 1.82) is 5.26 Å². The van der Waals surface area contributed by atoms with Gasteiger partial charge in [0.2, 0.25) is 5.91 Å². The summed E-state index contributed by atoms with van der Waals surface area (Å²) in [6.07, 6.45) is 2.64. The van der Waals surface area contributed by atoms with Gasteiger partial charge in [-0.05, 0) is 45.0 Å². The molecule has 2 aromatic rings. The van der Waals surface area contributed by atoms with Crippen LogP contribution >= 0.6 is 0 Å². The van der Waals surface area contributed by atoms with Crippen molar-refractivity contribution < 1.29 is 4.79 Å². The molecule has 0 saturated heterocycles. The van der Waals surface area contributed by atoms with E-state index in [1.165, 1.54) is 0 Å². The molecule has 1 aromatic heterocycles. The number of hydrogen-bond donors (Lipinski definition) is 1. The quantitative estimate of drug-likeness (QED) is 0.841. The first kappa shape index (κ1) is 18.7. The summed E-state index contributed by atoms with van der Waals surface area (Å²) in [5.74, 6) is 0.634. The number of amides is 1. The smallest absolute Gasteiger partial charge is 0.242 e. The van der Waals surface area contributed by atoms with E-state index in [0.717, 1.165) is 12.0 Å². The van der Waals surface area contributed by atoms with Crippen molar-refractivity contribution in [1.82, 2.24) is 14.7 Å². The van der Waals surface area contributed by atoms with Gasteiger partial charge in [0.15, 0.2) is 0 Å². The summed E-state index contributed by atoms with van der Waals surface area (Å²) in [5.41, 5.74) is 1.63. The van der Waals surface area contributed by atoms with Gasteiger partial charge < -0.3 is 5.32 Å². The van der Waals surface area contributed by atoms with Gasteiger partial charge in [0, 0.05) is 12.6 Å². The summed E-state index contributed by atoms with van der Waals surface area (Å²) < 4.78 is 1.83. The molecule has 1 heterocycles. The second kappa shape index (κ2) is 8.45. The second-order valence-corrected chi connectivity index (χ2v) is 6.31. The molecule has 0 bridgehead atoms. The van der Waals surface area contributed by atoms with Crippen molar-refractivity contribution in [3.05, 3.63) is 47.7 Å². The van der Waals surface area contributed by atoms with Gasteiger partial charge in [0.25, 0.3) is 0 Å². The fraction of sp³-hybridized carbons (Fsp3) is 0.421. The number of carbonyl (C=O) groups excluding carboxylic acids is 1. The van der Waals surface area contributed by atoms with Crippen molar-refractivity contribution in [2.45, 2.75) is 45.8 Å². The maximum Gasteiger partial charge on any atom is 0.242 e. The zero-order chi connectivity index (χ0) is 18.4. The number of nitrogens with zero attached hydrogens (tertiary/aromatic N) is 4. The Bertz CT molecular complexity index is 761. The Balaban J connectivity index is 2.02. The first-order valence-electron chi connectivity index (χ1n) is 8.50. The maximum absolute atomic E-state index is 12.6. The summed E-state index contributed by atoms with van der Waals surface area (Å²) in [5, 5.41) is 16.2. The molecule has 1 N–H and O–H groups in total. The molecule has 0 radical (unpaired) electrons. The number of hydrogen-bond acceptors (Lipinski definition) is 4. The summed E-state index contributed by atoms with van der Waals surface area (Å²) >= 11 is 0. The van der Waals surface area contributed by atoms with Crippen molar-refractivity contribution in [2.75, 3.05) is 12.4 Å². The van der Waals surface area contributed by atoms with Gasteiger partial charge in [-0.3, -0.25) is 9.69 Å². The third-order valence-electron chi connectivity index (χ3n) is 4.46. The number of aromatic nitrogens is 2. The highest BCUT2D eigenvalue weighted by Crippen LogP contribution is 2.17. The van der Waals surface area contributed by atoms with Crippen LogP contribution in [0.15, 0.2) is 36.5 Å². The molecule has 25 heavy (non-hydrogen) atoms. The fourth-order valence-corrected chi connectivity index (χ4v) is 2.53. The molecule has 1 aromatic carbocycles. The van der Waals surface area contributed by atoms with Crippen molar-refractivity contribution in [3.63, 3.8) is 0 Å². The van der Waals surface area contributed by atoms with Crippen molar-refractivity contribution >= 4 is 11.7 Å². The number of likely N-dealkylation sites (N-methyl/N-ethyl adjacent to an activating group) is 1. The van der Waals surface area contributed by atoms with Crippen LogP contribution in [0.5, 0.6) is 0 Å². The molecule has 0 unspecified atom stereocenters. The number of rotatable bonds is 7. The van der Waals surface area contributed by atoms with E-state index in [0.29, 0.717) is 17.9 Å². The zero-order valence-electron chi connectivity index (χ0n) is 15.2. The summed E-state index contributed by atoms with van der Waals surface area (Å²) in [7, 11) is 1.90. The number of benzene rings is 1. The SMILES string of the molecule is CC[C@H](C)n1nccc1NC(=O)[C@@H](C)N(C)Cc1cccc(C#N)c1. The predicted octanol–water partition coefficient (Wildman–Crippen LogP) is 3.18. The Morgan fingerprint density at radius 3 is 2.84 bits per heavy atom. The number of carbonyl (C=O) groups is 1. The van der Waals surface area contributed by atoms with Gasteiger partial charge in [-0.25, -0.2) is 4.68 Å². The van der Waals surface area contributed by atoms with Gasteiger partial charge in [-0.15, -0.1) is 0 Å². The molecule has 1 amide bonds. The van der Waals surface area contributed by atoms with Crippen LogP contribution in [0, 0.1) is 11.3 Å². The Kier molecular flexibility index (Phi) is 6.31. The summed E-state index contributed by atoms with van der Waals surface area (Å²) in [6.45, 7) is 6.62. The molecule has 2 rings (SSSR count). The first-order chi connectivity index (χ1) is 12.0. The summed E-state index contributed by atoms with van der Waals surface area (Å²) in [4.78, 5) is 14.5. The Morgan fingerprint density at radius 1 is 1.40 bits per heavy atom. The highest BCUT2D eigenvalue weighted by atomic mass is 16.2. The van der Waals surface area contributed by atoms with Crippen LogP contribution in [-0.4, -0.2) is 33.7 Å². The first-order valence-corrected chi connectivity index (χ1v) is 8.50. The number of nitriles is 1. The molecule has 0 aliphatic rings. The van der Waals surface area contributed by atoms with Gasteiger partial charge in [0.05, 0.1) is 29.9 Å². The van der Waals surface area contributed by atoms with Crippen LogP contribution in [0.3, 0.4) is 0 Å². The average Bonchev–Trinajstić information content (AvgIpc) is 3.08. The van der Waals surface area contributed by atoms with Crippen molar-refractivity contribution in [3.8, 4) is 6.07 Å². The molecule has 0 aliphatic heterocycles. The molecule has 0 spiro atoms. The third kappa shape index (κ3) is 4.68. The van der Waals surface area contributed by atoms with E-state index in [2.05, 4.69) is 30.3 Å². The molecule has 132 valence electrons. The molecule has 6 heteroatoms. The second-order valence-electron chi connectivity index (χ2n) is 6.31. The molecular formula is C19H25N5O. The Labute approximate surface area is 149 Å². The molecule has 6 nitrogen and oxygen atoms in total. The van der Waals surface area contributed by atoms with Crippen LogP contribution in [0.25, 0.3) is 0 Å². The van der Waals surface area contributed by atoms with E-state index >= 15 is 0 Å². The van der Waals surface area contributed by atoms with Crippen LogP contribution in [-0.2, 0) is 11.3 Å². The minimum atomic E-state index is -0.314. The Morgan fingerprint density at radius 2 is 2.16 bits per heavy atom. The highest BCUT2D eigenvalue weighted by molar-refractivity contribution is 5.93. The molecule has 0 saturated carbocycles. The average molecular weight is 339 g/mol. The largest absolute Gasteiger partial charge is 0.310 e. The van der Waals surface area contributed by atoms with Crippen LogP contribution < -0.4 is 5.32 Å². The predicted molar refractivity (Wildman–Crippen MR) is 97.9 cm³/mol.